The molecule has 12 heteroatoms. The van der Waals surface area contributed by atoms with E-state index in [1.54, 1.807) is 18.4 Å². The molecule has 6 rings (SSSR count). The van der Waals surface area contributed by atoms with Crippen LogP contribution in [0, 0.1) is 18.8 Å². The maximum absolute atomic E-state index is 13.7. The van der Waals surface area contributed by atoms with Crippen LogP contribution in [0.4, 0.5) is 0 Å². The molecule has 3 heterocycles. The lowest BCUT2D eigenvalue weighted by molar-refractivity contribution is -0.145. The molecule has 3 fully saturated rings. The molecule has 5 atom stereocenters. The number of nitrogens with one attached hydrogen (secondary N) is 1. The number of ether oxygens (including phenoxy) is 2. The van der Waals surface area contributed by atoms with Crippen LogP contribution in [0.3, 0.4) is 0 Å². The summed E-state index contributed by atoms with van der Waals surface area (Å²) in [6.07, 6.45) is 6.42. The number of benzene rings is 1. The summed E-state index contributed by atoms with van der Waals surface area (Å²) in [5.74, 6) is -1.14. The van der Waals surface area contributed by atoms with Crippen molar-refractivity contribution in [1.82, 2.24) is 20.2 Å². The van der Waals surface area contributed by atoms with Crippen LogP contribution in [0.2, 0.25) is 0 Å². The van der Waals surface area contributed by atoms with Gasteiger partial charge in [-0.15, -0.1) is 17.9 Å². The van der Waals surface area contributed by atoms with Crippen LogP contribution in [0.5, 0.6) is 11.5 Å². The lowest BCUT2D eigenvalue weighted by atomic mass is 10.1. The Balaban J connectivity index is 1.26. The predicted molar refractivity (Wildman–Crippen MR) is 186 cm³/mol. The molecule has 3 unspecified atom stereocenters. The fraction of sp³-hybridized carbons (Fsp3) is 0.486. The van der Waals surface area contributed by atoms with Gasteiger partial charge in [0.05, 0.1) is 30.8 Å². The smallest absolute Gasteiger partial charge is 0.307 e. The number of aromatic nitrogens is 2. The Morgan fingerprint density at radius 2 is 1.94 bits per heavy atom. The standard InChI is InChI=1S/C37H44N4O7S/c1-5-6-7-8-9-10-30(42)36(44)41-18-23(15-29(41)34(43)38-21(3)25-16-26(25)37(45)46)48-32-17-27(35-40-28(19-49-35)22-11-12-22)39-33-20(2)31(47-4)14-13-24(32)33/h5,13-14,17,19,22-23,25-26,29-30,42H,1,3,6-12,15-16,18H2,2,4H3,(H,38,43)(H,45,46)/t23-,25?,26?,29-,30?/m1/s1. The van der Waals surface area contributed by atoms with Crippen molar-refractivity contribution in [3.63, 3.8) is 0 Å². The maximum Gasteiger partial charge on any atom is 0.307 e. The number of carboxylic acid groups (broad SMARTS) is 1. The Morgan fingerprint density at radius 3 is 2.63 bits per heavy atom. The highest BCUT2D eigenvalue weighted by atomic mass is 32.1. The van der Waals surface area contributed by atoms with Crippen LogP contribution in [0.25, 0.3) is 21.6 Å². The second-order valence-corrected chi connectivity index (χ2v) is 14.2. The molecule has 260 valence electrons. The number of amides is 2. The number of carbonyl (C=O) groups is 3. The van der Waals surface area contributed by atoms with E-state index in [4.69, 9.17) is 19.4 Å². The molecule has 0 radical (unpaired) electrons. The third-order valence-corrected chi connectivity index (χ3v) is 10.6. The van der Waals surface area contributed by atoms with Crippen LogP contribution in [0.15, 0.2) is 48.5 Å². The second kappa shape index (κ2) is 14.7. The lowest BCUT2D eigenvalue weighted by Gasteiger charge is -2.26. The van der Waals surface area contributed by atoms with Gasteiger partial charge in [0.25, 0.3) is 5.91 Å². The summed E-state index contributed by atoms with van der Waals surface area (Å²) in [6.45, 7) is 9.67. The summed E-state index contributed by atoms with van der Waals surface area (Å²) >= 11 is 1.54. The van der Waals surface area contributed by atoms with Crippen molar-refractivity contribution in [2.24, 2.45) is 11.8 Å². The number of fused-ring (bicyclic) bond motifs is 1. The number of hydrogen-bond acceptors (Lipinski definition) is 9. The van der Waals surface area contributed by atoms with Gasteiger partial charge in [-0.1, -0.05) is 25.5 Å². The zero-order valence-electron chi connectivity index (χ0n) is 28.0. The van der Waals surface area contributed by atoms with Gasteiger partial charge >= 0.3 is 5.97 Å². The fourth-order valence-electron chi connectivity index (χ4n) is 6.64. The number of carboxylic acids is 1. The number of unbranched alkanes of at least 4 members (excludes halogenated alkanes) is 3. The molecule has 1 aromatic carbocycles. The van der Waals surface area contributed by atoms with Crippen LogP contribution in [-0.2, 0) is 14.4 Å². The number of rotatable bonds is 16. The van der Waals surface area contributed by atoms with E-state index < -0.39 is 42.0 Å². The molecule has 2 aromatic heterocycles. The number of carbonyl (C=O) groups excluding carboxylic acids is 2. The SMILES string of the molecule is C=CCCCCCC(O)C(=O)N1C[C@H](Oc2cc(-c3nc(C4CC4)cs3)nc3c(C)c(OC)ccc23)C[C@@H]1C(=O)NC(=C)C1CC1C(=O)O. The molecular formula is C37H44N4O7S. The number of pyridine rings is 1. The van der Waals surface area contributed by atoms with Crippen LogP contribution >= 0.6 is 11.3 Å². The van der Waals surface area contributed by atoms with Crippen LogP contribution in [-0.4, -0.2) is 74.8 Å². The van der Waals surface area contributed by atoms with Crippen molar-refractivity contribution in [2.75, 3.05) is 13.7 Å². The molecular weight excluding hydrogens is 644 g/mol. The number of aliphatic hydroxyl groups excluding tert-OH is 1. The van der Waals surface area contributed by atoms with E-state index in [0.717, 1.165) is 53.8 Å². The van der Waals surface area contributed by atoms with Gasteiger partial charge in [-0.3, -0.25) is 14.4 Å². The van der Waals surface area contributed by atoms with Crippen molar-refractivity contribution in [3.8, 4) is 22.2 Å². The van der Waals surface area contributed by atoms with E-state index in [1.807, 2.05) is 31.2 Å². The second-order valence-electron chi connectivity index (χ2n) is 13.4. The molecule has 2 aliphatic carbocycles. The van der Waals surface area contributed by atoms with Gasteiger partial charge in [-0.2, -0.15) is 0 Å². The van der Waals surface area contributed by atoms with Crippen molar-refractivity contribution < 1.29 is 34.1 Å². The Morgan fingerprint density at radius 1 is 1.14 bits per heavy atom. The number of likely N-dealkylation sites (tertiary alicyclic amines) is 1. The molecule has 0 spiro atoms. The maximum atomic E-state index is 13.7. The highest BCUT2D eigenvalue weighted by molar-refractivity contribution is 7.13. The van der Waals surface area contributed by atoms with E-state index >= 15 is 0 Å². The van der Waals surface area contributed by atoms with Gasteiger partial charge < -0.3 is 29.9 Å². The highest BCUT2D eigenvalue weighted by Crippen LogP contribution is 2.44. The summed E-state index contributed by atoms with van der Waals surface area (Å²) < 4.78 is 12.2. The number of allylic oxidation sites excluding steroid dienone is 2. The largest absolute Gasteiger partial charge is 0.496 e. The first-order valence-corrected chi connectivity index (χ1v) is 17.9. The average molecular weight is 689 g/mol. The van der Waals surface area contributed by atoms with Crippen molar-refractivity contribution >= 4 is 40.0 Å². The molecule has 1 aliphatic heterocycles. The molecule has 1 saturated heterocycles. The minimum Gasteiger partial charge on any atom is -0.496 e. The van der Waals surface area contributed by atoms with Gasteiger partial charge in [0.15, 0.2) is 0 Å². The third kappa shape index (κ3) is 7.65. The first-order valence-electron chi connectivity index (χ1n) is 17.0. The zero-order chi connectivity index (χ0) is 34.8. The van der Waals surface area contributed by atoms with Crippen LogP contribution in [0.1, 0.15) is 75.0 Å². The summed E-state index contributed by atoms with van der Waals surface area (Å²) in [5.41, 5.74) is 3.61. The Bertz CT molecular complexity index is 1770. The number of aryl methyl sites for hydroxylation is 1. The minimum atomic E-state index is -1.27. The number of nitrogens with zero attached hydrogens (tertiary/aromatic N) is 3. The van der Waals surface area contributed by atoms with E-state index in [0.29, 0.717) is 47.2 Å². The molecule has 3 aliphatic rings. The Kier molecular flexibility index (Phi) is 10.4. The topological polar surface area (TPSA) is 151 Å². The zero-order valence-corrected chi connectivity index (χ0v) is 28.8. The van der Waals surface area contributed by atoms with E-state index in [-0.39, 0.29) is 25.3 Å². The summed E-state index contributed by atoms with van der Waals surface area (Å²) in [6, 6.07) is 4.67. The lowest BCUT2D eigenvalue weighted by Crippen LogP contribution is -2.49. The number of thiazole rings is 1. The van der Waals surface area contributed by atoms with Crippen molar-refractivity contribution in [2.45, 2.75) is 88.9 Å². The molecule has 3 aromatic rings. The van der Waals surface area contributed by atoms with Gasteiger partial charge in [0.2, 0.25) is 5.91 Å². The van der Waals surface area contributed by atoms with E-state index in [1.165, 1.54) is 4.90 Å². The van der Waals surface area contributed by atoms with E-state index in [2.05, 4.69) is 23.9 Å². The first kappa shape index (κ1) is 34.6. The quantitative estimate of drug-likeness (QED) is 0.126. The minimum absolute atomic E-state index is 0.0788. The normalized spacial score (nSPS) is 22.1. The monoisotopic (exact) mass is 688 g/mol. The number of aliphatic hydroxyl groups is 1. The third-order valence-electron chi connectivity index (χ3n) is 9.76. The van der Waals surface area contributed by atoms with Gasteiger partial charge in [-0.25, -0.2) is 9.97 Å². The number of methoxy groups -OCH3 is 1. The van der Waals surface area contributed by atoms with Crippen molar-refractivity contribution in [1.29, 1.82) is 0 Å². The first-order chi connectivity index (χ1) is 23.6. The van der Waals surface area contributed by atoms with Crippen molar-refractivity contribution in [3.05, 3.63) is 59.8 Å². The molecule has 11 nitrogen and oxygen atoms in total. The molecule has 2 amide bonds. The van der Waals surface area contributed by atoms with Gasteiger partial charge in [-0.05, 0) is 57.6 Å². The van der Waals surface area contributed by atoms with E-state index in [9.17, 15) is 24.6 Å². The molecule has 49 heavy (non-hydrogen) atoms. The summed E-state index contributed by atoms with van der Waals surface area (Å²) in [5, 5.41) is 26.7. The Labute approximate surface area is 290 Å². The average Bonchev–Trinajstić information content (AvgIpc) is 4.01. The number of aliphatic carboxylic acids is 1. The highest BCUT2D eigenvalue weighted by Gasteiger charge is 2.47. The fourth-order valence-corrected chi connectivity index (χ4v) is 7.50. The Hall–Kier alpha value is -4.29. The molecule has 2 saturated carbocycles. The number of hydrogen-bond donors (Lipinski definition) is 3. The van der Waals surface area contributed by atoms with Crippen LogP contribution < -0.4 is 14.8 Å². The molecule has 0 bridgehead atoms. The summed E-state index contributed by atoms with van der Waals surface area (Å²) in [7, 11) is 1.61. The summed E-state index contributed by atoms with van der Waals surface area (Å²) in [4.78, 5) is 50.0. The van der Waals surface area contributed by atoms with Gasteiger partial charge in [0.1, 0.15) is 40.5 Å². The van der Waals surface area contributed by atoms with Gasteiger partial charge in [0, 0.05) is 46.3 Å². The molecule has 3 N–H and O–H groups in total. The predicted octanol–water partition coefficient (Wildman–Crippen LogP) is 5.75.